The molecule has 0 saturated heterocycles. The monoisotopic (exact) mass is 427 g/mol. The zero-order valence-corrected chi connectivity index (χ0v) is 17.4. The van der Waals surface area contributed by atoms with Crippen LogP contribution in [0, 0.1) is 12.3 Å². The fourth-order valence-electron chi connectivity index (χ4n) is 5.08. The Morgan fingerprint density at radius 1 is 1.17 bits per heavy atom. The first kappa shape index (κ1) is 19.2. The lowest BCUT2D eigenvalue weighted by molar-refractivity contribution is -0.162. The highest BCUT2D eigenvalue weighted by Gasteiger charge is 2.68. The van der Waals surface area contributed by atoms with E-state index < -0.39 is 0 Å². The van der Waals surface area contributed by atoms with E-state index in [0.717, 1.165) is 24.8 Å². The van der Waals surface area contributed by atoms with Crippen LogP contribution in [0.25, 0.3) is 0 Å². The average Bonchev–Trinajstić information content (AvgIpc) is 3.15. The molecule has 0 radical (unpaired) electrons. The van der Waals surface area contributed by atoms with Gasteiger partial charge >= 0.3 is 0 Å². The number of fused-ring (bicyclic) bond motifs is 1. The molecule has 0 spiro atoms. The molecule has 1 heterocycles. The molecule has 1 aliphatic heterocycles. The van der Waals surface area contributed by atoms with Crippen LogP contribution in [0.3, 0.4) is 0 Å². The number of Topliss-reactive ketones (excluding diaryl/α,β-unsaturated/α-hetero) is 1. The molecule has 3 saturated carbocycles. The van der Waals surface area contributed by atoms with Crippen molar-refractivity contribution in [3.05, 3.63) is 52.5 Å². The summed E-state index contributed by atoms with van der Waals surface area (Å²) in [6.45, 7) is 2.08. The lowest BCUT2D eigenvalue weighted by atomic mass is 9.38. The fraction of sp³-hybridized carbons (Fsp3) is 0.391. The number of ketones is 1. The third-order valence-corrected chi connectivity index (χ3v) is 6.69. The third-order valence-electron chi connectivity index (χ3n) is 6.26. The zero-order chi connectivity index (χ0) is 20.9. The number of carbonyl (C=O) groups is 2. The van der Waals surface area contributed by atoms with Crippen molar-refractivity contribution in [2.75, 3.05) is 13.4 Å². The quantitative estimate of drug-likeness (QED) is 0.721. The van der Waals surface area contributed by atoms with Gasteiger partial charge < -0.3 is 19.5 Å². The van der Waals surface area contributed by atoms with E-state index in [1.165, 1.54) is 0 Å². The van der Waals surface area contributed by atoms with Gasteiger partial charge in [0.25, 0.3) is 5.91 Å². The van der Waals surface area contributed by atoms with Gasteiger partial charge in [0.05, 0.1) is 5.56 Å². The summed E-state index contributed by atoms with van der Waals surface area (Å²) in [4.78, 5) is 25.1. The van der Waals surface area contributed by atoms with Gasteiger partial charge in [-0.2, -0.15) is 0 Å². The number of ether oxygens (including phenoxy) is 3. The molecule has 6 rings (SSSR count). The first-order valence-electron chi connectivity index (χ1n) is 9.99. The Labute approximate surface area is 179 Å². The van der Waals surface area contributed by atoms with E-state index in [1.54, 1.807) is 30.3 Å². The van der Waals surface area contributed by atoms with E-state index in [0.29, 0.717) is 34.3 Å². The highest BCUT2D eigenvalue weighted by Crippen LogP contribution is 2.69. The molecule has 4 aliphatic rings. The number of amides is 1. The van der Waals surface area contributed by atoms with Crippen LogP contribution in [0.1, 0.15) is 41.6 Å². The number of nitrogens with one attached hydrogen (secondary N) is 1. The molecule has 0 unspecified atom stereocenters. The van der Waals surface area contributed by atoms with Gasteiger partial charge in [0, 0.05) is 17.0 Å². The summed E-state index contributed by atoms with van der Waals surface area (Å²) in [6.07, 6.45) is 2.95. The molecule has 0 aromatic heterocycles. The van der Waals surface area contributed by atoms with Crippen molar-refractivity contribution in [2.45, 2.75) is 38.1 Å². The Balaban J connectivity index is 1.12. The van der Waals surface area contributed by atoms with Crippen molar-refractivity contribution >= 4 is 23.3 Å². The number of para-hydroxylation sites is 1. The summed E-state index contributed by atoms with van der Waals surface area (Å²) >= 11 is 6.01. The van der Waals surface area contributed by atoms with Gasteiger partial charge in [-0.3, -0.25) is 9.59 Å². The molecule has 7 heteroatoms. The van der Waals surface area contributed by atoms with E-state index in [1.807, 2.05) is 13.0 Å². The molecule has 1 amide bonds. The Bertz CT molecular complexity index is 1030. The maximum atomic E-state index is 12.7. The molecule has 156 valence electrons. The highest BCUT2D eigenvalue weighted by atomic mass is 35.5. The standard InChI is InChI=1S/C23H22ClNO5/c1-14-7-16(5-6-18(14)24)28-9-15(26)8-22-10-23(11-22,12-22)25-21(27)17-3-2-4-19-20(17)30-13-29-19/h2-7H,8-13H2,1H3,(H,25,27). The van der Waals surface area contributed by atoms with Crippen molar-refractivity contribution in [2.24, 2.45) is 5.41 Å². The topological polar surface area (TPSA) is 73.9 Å². The molecule has 2 bridgehead atoms. The molecule has 2 aromatic rings. The van der Waals surface area contributed by atoms with Gasteiger partial charge in [0.2, 0.25) is 6.79 Å². The van der Waals surface area contributed by atoms with Gasteiger partial charge in [-0.25, -0.2) is 0 Å². The number of benzene rings is 2. The molecule has 30 heavy (non-hydrogen) atoms. The van der Waals surface area contributed by atoms with E-state index in [2.05, 4.69) is 5.32 Å². The smallest absolute Gasteiger partial charge is 0.255 e. The average molecular weight is 428 g/mol. The lowest BCUT2D eigenvalue weighted by Gasteiger charge is -2.70. The van der Waals surface area contributed by atoms with Crippen LogP contribution < -0.4 is 19.5 Å². The highest BCUT2D eigenvalue weighted by molar-refractivity contribution is 6.31. The SMILES string of the molecule is Cc1cc(OCC(=O)CC23CC(NC(=O)c4cccc5c4OCO5)(C2)C3)ccc1Cl. The molecular formula is C23H22ClNO5. The first-order valence-corrected chi connectivity index (χ1v) is 10.4. The number of carbonyl (C=O) groups excluding carboxylic acids is 2. The minimum atomic E-state index is -0.201. The minimum absolute atomic E-state index is 0.00187. The van der Waals surface area contributed by atoms with Gasteiger partial charge in [-0.05, 0) is 67.5 Å². The lowest BCUT2D eigenvalue weighted by Crippen LogP contribution is -2.75. The van der Waals surface area contributed by atoms with Gasteiger partial charge in [-0.1, -0.05) is 17.7 Å². The van der Waals surface area contributed by atoms with Gasteiger partial charge in [0.15, 0.2) is 17.3 Å². The van der Waals surface area contributed by atoms with E-state index >= 15 is 0 Å². The maximum Gasteiger partial charge on any atom is 0.255 e. The van der Waals surface area contributed by atoms with Crippen LogP contribution >= 0.6 is 11.6 Å². The summed E-state index contributed by atoms with van der Waals surface area (Å²) in [5.41, 5.74) is 1.21. The predicted molar refractivity (Wildman–Crippen MR) is 110 cm³/mol. The normalized spacial score (nSPS) is 25.1. The molecule has 3 aliphatic carbocycles. The van der Waals surface area contributed by atoms with Gasteiger partial charge in [-0.15, -0.1) is 0 Å². The summed E-state index contributed by atoms with van der Waals surface area (Å²) in [5.74, 6) is 1.67. The van der Waals surface area contributed by atoms with Crippen LogP contribution in [-0.4, -0.2) is 30.6 Å². The Morgan fingerprint density at radius 2 is 1.97 bits per heavy atom. The second-order valence-electron chi connectivity index (χ2n) is 8.72. The number of hydrogen-bond acceptors (Lipinski definition) is 5. The molecule has 2 aromatic carbocycles. The Kier molecular flexibility index (Phi) is 4.43. The van der Waals surface area contributed by atoms with Gasteiger partial charge in [0.1, 0.15) is 12.4 Å². The maximum absolute atomic E-state index is 12.7. The van der Waals surface area contributed by atoms with Crippen LogP contribution in [0.2, 0.25) is 5.02 Å². The second-order valence-corrected chi connectivity index (χ2v) is 9.13. The second kappa shape index (κ2) is 6.91. The fourth-order valence-corrected chi connectivity index (χ4v) is 5.19. The molecule has 3 fully saturated rings. The number of halogens is 1. The van der Waals surface area contributed by atoms with Crippen LogP contribution in [0.4, 0.5) is 0 Å². The number of aryl methyl sites for hydroxylation is 1. The van der Waals surface area contributed by atoms with Crippen molar-refractivity contribution in [3.63, 3.8) is 0 Å². The Hall–Kier alpha value is -2.73. The number of rotatable bonds is 7. The van der Waals surface area contributed by atoms with Crippen molar-refractivity contribution < 1.29 is 23.8 Å². The summed E-state index contributed by atoms with van der Waals surface area (Å²) < 4.78 is 16.4. The largest absolute Gasteiger partial charge is 0.486 e. The Morgan fingerprint density at radius 3 is 2.73 bits per heavy atom. The van der Waals surface area contributed by atoms with Crippen molar-refractivity contribution in [1.82, 2.24) is 5.32 Å². The van der Waals surface area contributed by atoms with Crippen LogP contribution in [-0.2, 0) is 4.79 Å². The summed E-state index contributed by atoms with van der Waals surface area (Å²) in [6, 6.07) is 10.7. The zero-order valence-electron chi connectivity index (χ0n) is 16.6. The van der Waals surface area contributed by atoms with Crippen LogP contribution in [0.15, 0.2) is 36.4 Å². The van der Waals surface area contributed by atoms with E-state index in [9.17, 15) is 9.59 Å². The first-order chi connectivity index (χ1) is 14.4. The molecule has 1 N–H and O–H groups in total. The van der Waals surface area contributed by atoms with E-state index in [-0.39, 0.29) is 36.0 Å². The molecule has 6 nitrogen and oxygen atoms in total. The minimum Gasteiger partial charge on any atom is -0.486 e. The summed E-state index contributed by atoms with van der Waals surface area (Å²) in [7, 11) is 0. The predicted octanol–water partition coefficient (Wildman–Crippen LogP) is 4.07. The summed E-state index contributed by atoms with van der Waals surface area (Å²) in [5, 5.41) is 3.82. The van der Waals surface area contributed by atoms with Crippen LogP contribution in [0.5, 0.6) is 17.2 Å². The number of hydrogen-bond donors (Lipinski definition) is 1. The van der Waals surface area contributed by atoms with E-state index in [4.69, 9.17) is 25.8 Å². The molecule has 0 atom stereocenters. The van der Waals surface area contributed by atoms with Crippen molar-refractivity contribution in [1.29, 1.82) is 0 Å². The van der Waals surface area contributed by atoms with Crippen molar-refractivity contribution in [3.8, 4) is 17.2 Å². The third kappa shape index (κ3) is 3.29. The molecular weight excluding hydrogens is 406 g/mol.